The van der Waals surface area contributed by atoms with Gasteiger partial charge in [-0.05, 0) is 51.7 Å². The third-order valence-corrected chi connectivity index (χ3v) is 5.14. The number of fused-ring (bicyclic) bond motifs is 1. The van der Waals surface area contributed by atoms with Crippen molar-refractivity contribution in [3.63, 3.8) is 0 Å². The minimum atomic E-state index is -0.874. The molecule has 0 aliphatic carbocycles. The van der Waals surface area contributed by atoms with E-state index in [1.165, 1.54) is 0 Å². The first-order valence-corrected chi connectivity index (χ1v) is 9.01. The van der Waals surface area contributed by atoms with Gasteiger partial charge in [-0.2, -0.15) is 0 Å². The van der Waals surface area contributed by atoms with Gasteiger partial charge in [-0.1, -0.05) is 36.4 Å². The van der Waals surface area contributed by atoms with Crippen LogP contribution < -0.4 is 0 Å². The first kappa shape index (κ1) is 17.9. The van der Waals surface area contributed by atoms with Crippen molar-refractivity contribution in [3.8, 4) is 16.9 Å². The number of aliphatic hydroxyl groups is 3. The zero-order valence-corrected chi connectivity index (χ0v) is 14.7. The van der Waals surface area contributed by atoms with Gasteiger partial charge in [-0.15, -0.1) is 0 Å². The van der Waals surface area contributed by atoms with E-state index in [1.807, 2.05) is 48.5 Å². The van der Waals surface area contributed by atoms with Crippen LogP contribution in [0, 0.1) is 0 Å². The summed E-state index contributed by atoms with van der Waals surface area (Å²) in [6.45, 7) is -0.290. The van der Waals surface area contributed by atoms with E-state index in [2.05, 4.69) is 0 Å². The number of aliphatic hydroxyl groups excluding tert-OH is 3. The van der Waals surface area contributed by atoms with Gasteiger partial charge in [0, 0.05) is 6.42 Å². The van der Waals surface area contributed by atoms with Crippen LogP contribution in [0.2, 0.25) is 0 Å². The molecule has 0 aromatic heterocycles. The molecule has 1 aliphatic heterocycles. The molecule has 3 aromatic rings. The van der Waals surface area contributed by atoms with Crippen molar-refractivity contribution >= 4 is 10.8 Å². The van der Waals surface area contributed by atoms with E-state index >= 15 is 0 Å². The fourth-order valence-corrected chi connectivity index (χ4v) is 3.67. The first-order chi connectivity index (χ1) is 13.0. The lowest BCUT2D eigenvalue weighted by Crippen LogP contribution is -2.44. The fourth-order valence-electron chi connectivity index (χ4n) is 3.67. The highest BCUT2D eigenvalue weighted by atomic mass is 16.5. The molecule has 0 spiro atoms. The standard InChI is InChI=1S/C22H22O5/c23-12-21-19(25)11-20(26)22(27-21)17-3-1-2-13(9-17)14-4-5-16-10-18(24)7-6-15(16)8-14/h1-10,19-26H,11-12H2/t19?,20-,21+,22?/m0/s1. The number of hydrogen-bond acceptors (Lipinski definition) is 5. The molecule has 5 nitrogen and oxygen atoms in total. The van der Waals surface area contributed by atoms with Crippen LogP contribution in [0.4, 0.5) is 0 Å². The van der Waals surface area contributed by atoms with Crippen molar-refractivity contribution < 1.29 is 25.2 Å². The SMILES string of the molecule is OC[C@H]1OC(c2cccc(-c3ccc4cc(O)ccc4c3)c2)[C@@H](O)CC1O. The van der Waals surface area contributed by atoms with E-state index in [9.17, 15) is 20.4 Å². The summed E-state index contributed by atoms with van der Waals surface area (Å²) in [6, 6.07) is 19.0. The minimum Gasteiger partial charge on any atom is -0.508 e. The summed E-state index contributed by atoms with van der Waals surface area (Å²) in [5.41, 5.74) is 2.79. The Morgan fingerprint density at radius 3 is 2.41 bits per heavy atom. The van der Waals surface area contributed by atoms with Gasteiger partial charge in [-0.25, -0.2) is 0 Å². The van der Waals surface area contributed by atoms with Gasteiger partial charge in [-0.3, -0.25) is 0 Å². The zero-order valence-electron chi connectivity index (χ0n) is 14.7. The summed E-state index contributed by atoms with van der Waals surface area (Å²) in [5, 5.41) is 41.2. The quantitative estimate of drug-likeness (QED) is 0.572. The van der Waals surface area contributed by atoms with E-state index in [1.54, 1.807) is 12.1 Å². The lowest BCUT2D eigenvalue weighted by atomic mass is 9.92. The maximum Gasteiger partial charge on any atom is 0.116 e. The van der Waals surface area contributed by atoms with Gasteiger partial charge in [0.25, 0.3) is 0 Å². The lowest BCUT2D eigenvalue weighted by Gasteiger charge is -2.36. The molecule has 1 heterocycles. The maximum atomic E-state index is 10.3. The van der Waals surface area contributed by atoms with Crippen LogP contribution in [0.15, 0.2) is 60.7 Å². The monoisotopic (exact) mass is 366 g/mol. The predicted molar refractivity (Wildman–Crippen MR) is 102 cm³/mol. The molecule has 5 heteroatoms. The first-order valence-electron chi connectivity index (χ1n) is 9.01. The molecular formula is C22H22O5. The predicted octanol–water partition coefficient (Wildman–Crippen LogP) is 2.76. The van der Waals surface area contributed by atoms with E-state index in [4.69, 9.17) is 4.74 Å². The number of ether oxygens (including phenoxy) is 1. The normalized spacial score (nSPS) is 25.6. The highest BCUT2D eigenvalue weighted by molar-refractivity contribution is 5.88. The summed E-state index contributed by atoms with van der Waals surface area (Å²) < 4.78 is 5.74. The van der Waals surface area contributed by atoms with E-state index < -0.39 is 24.4 Å². The van der Waals surface area contributed by atoms with Gasteiger partial charge in [0.15, 0.2) is 0 Å². The highest BCUT2D eigenvalue weighted by Gasteiger charge is 2.36. The summed E-state index contributed by atoms with van der Waals surface area (Å²) in [6.07, 6.45) is -2.84. The van der Waals surface area contributed by atoms with Crippen LogP contribution in [0.3, 0.4) is 0 Å². The summed E-state index contributed by atoms with van der Waals surface area (Å²) in [7, 11) is 0. The van der Waals surface area contributed by atoms with Crippen molar-refractivity contribution in [2.75, 3.05) is 6.61 Å². The van der Waals surface area contributed by atoms with Crippen LogP contribution in [0.5, 0.6) is 5.75 Å². The van der Waals surface area contributed by atoms with Crippen LogP contribution in [-0.4, -0.2) is 45.3 Å². The second-order valence-corrected chi connectivity index (χ2v) is 7.02. The fraction of sp³-hybridized carbons (Fsp3) is 0.273. The highest BCUT2D eigenvalue weighted by Crippen LogP contribution is 2.34. The molecular weight excluding hydrogens is 344 g/mol. The Kier molecular flexibility index (Phi) is 4.85. The van der Waals surface area contributed by atoms with E-state index in [0.717, 1.165) is 27.5 Å². The molecule has 4 rings (SSSR count). The molecule has 0 amide bonds. The van der Waals surface area contributed by atoms with Gasteiger partial charge in [0.1, 0.15) is 18.0 Å². The Morgan fingerprint density at radius 2 is 1.59 bits per heavy atom. The Morgan fingerprint density at radius 1 is 0.852 bits per heavy atom. The zero-order chi connectivity index (χ0) is 19.0. The molecule has 0 bridgehead atoms. The number of hydrogen-bond donors (Lipinski definition) is 4. The topological polar surface area (TPSA) is 90.2 Å². The third-order valence-electron chi connectivity index (χ3n) is 5.14. The number of rotatable bonds is 3. The van der Waals surface area contributed by atoms with Crippen LogP contribution in [0.25, 0.3) is 21.9 Å². The van der Waals surface area contributed by atoms with Crippen molar-refractivity contribution in [2.45, 2.75) is 30.8 Å². The molecule has 2 unspecified atom stereocenters. The third kappa shape index (κ3) is 3.55. The summed E-state index contributed by atoms with van der Waals surface area (Å²) in [5.74, 6) is 0.237. The number of benzene rings is 3. The Labute approximate surface area is 157 Å². The van der Waals surface area contributed by atoms with E-state index in [-0.39, 0.29) is 18.8 Å². The average Bonchev–Trinajstić information content (AvgIpc) is 2.68. The van der Waals surface area contributed by atoms with Gasteiger partial charge in [0.05, 0.1) is 18.8 Å². The molecule has 27 heavy (non-hydrogen) atoms. The molecule has 1 aliphatic rings. The van der Waals surface area contributed by atoms with Crippen molar-refractivity contribution in [3.05, 3.63) is 66.2 Å². The van der Waals surface area contributed by atoms with Crippen molar-refractivity contribution in [1.29, 1.82) is 0 Å². The number of phenols is 1. The van der Waals surface area contributed by atoms with E-state index in [0.29, 0.717) is 0 Å². The average molecular weight is 366 g/mol. The molecule has 4 N–H and O–H groups in total. The lowest BCUT2D eigenvalue weighted by molar-refractivity contribution is -0.181. The van der Waals surface area contributed by atoms with Crippen molar-refractivity contribution in [2.24, 2.45) is 0 Å². The van der Waals surface area contributed by atoms with Crippen LogP contribution >= 0.6 is 0 Å². The molecule has 4 atom stereocenters. The van der Waals surface area contributed by atoms with Crippen molar-refractivity contribution in [1.82, 2.24) is 0 Å². The Balaban J connectivity index is 1.67. The van der Waals surface area contributed by atoms with Gasteiger partial charge in [0.2, 0.25) is 0 Å². The molecule has 1 saturated heterocycles. The second-order valence-electron chi connectivity index (χ2n) is 7.02. The smallest absolute Gasteiger partial charge is 0.116 e. The Hall–Kier alpha value is -2.44. The van der Waals surface area contributed by atoms with Gasteiger partial charge < -0.3 is 25.2 Å². The minimum absolute atomic E-state index is 0.166. The van der Waals surface area contributed by atoms with Crippen LogP contribution in [0.1, 0.15) is 18.1 Å². The second kappa shape index (κ2) is 7.29. The maximum absolute atomic E-state index is 10.3. The largest absolute Gasteiger partial charge is 0.508 e. The molecule has 0 radical (unpaired) electrons. The molecule has 140 valence electrons. The Bertz CT molecular complexity index is 954. The molecule has 1 fully saturated rings. The number of aromatic hydroxyl groups is 1. The van der Waals surface area contributed by atoms with Crippen LogP contribution in [-0.2, 0) is 4.74 Å². The molecule has 3 aromatic carbocycles. The molecule has 0 saturated carbocycles. The van der Waals surface area contributed by atoms with Gasteiger partial charge >= 0.3 is 0 Å². The number of phenolic OH excluding ortho intramolecular Hbond substituents is 1. The summed E-state index contributed by atoms with van der Waals surface area (Å²) >= 11 is 0. The summed E-state index contributed by atoms with van der Waals surface area (Å²) in [4.78, 5) is 0.